The zero-order chi connectivity index (χ0) is 12.3. The lowest BCUT2D eigenvalue weighted by molar-refractivity contribution is 0.306. The molecule has 17 heavy (non-hydrogen) atoms. The van der Waals surface area contributed by atoms with E-state index in [2.05, 4.69) is 15.9 Å². The van der Waals surface area contributed by atoms with E-state index in [4.69, 9.17) is 10.5 Å². The zero-order valence-corrected chi connectivity index (χ0v) is 10.6. The number of nitrogen functional groups attached to an aromatic ring is 1. The minimum atomic E-state index is 0.0948. The van der Waals surface area contributed by atoms with Gasteiger partial charge in [0.25, 0.3) is 0 Å². The van der Waals surface area contributed by atoms with Crippen LogP contribution in [0.1, 0.15) is 5.56 Å². The number of ether oxygens (including phenoxy) is 1. The monoisotopic (exact) mass is 293 g/mol. The number of benzene rings is 2. The molecule has 3 N–H and O–H groups in total. The van der Waals surface area contributed by atoms with Crippen LogP contribution in [0.25, 0.3) is 0 Å². The first-order valence-corrected chi connectivity index (χ1v) is 5.90. The molecule has 2 aromatic carbocycles. The van der Waals surface area contributed by atoms with Crippen molar-refractivity contribution in [1.29, 1.82) is 0 Å². The van der Waals surface area contributed by atoms with Crippen molar-refractivity contribution in [3.63, 3.8) is 0 Å². The molecule has 0 heterocycles. The number of hydrogen-bond acceptors (Lipinski definition) is 3. The van der Waals surface area contributed by atoms with Crippen LogP contribution in [0.15, 0.2) is 46.9 Å². The van der Waals surface area contributed by atoms with Crippen molar-refractivity contribution >= 4 is 21.6 Å². The van der Waals surface area contributed by atoms with Gasteiger partial charge in [-0.05, 0) is 42.0 Å². The van der Waals surface area contributed by atoms with Crippen molar-refractivity contribution < 1.29 is 9.84 Å². The molecule has 0 aliphatic carbocycles. The van der Waals surface area contributed by atoms with Gasteiger partial charge in [-0.2, -0.15) is 0 Å². The third-order valence-electron chi connectivity index (χ3n) is 2.31. The molecular weight excluding hydrogens is 282 g/mol. The quantitative estimate of drug-likeness (QED) is 0.674. The van der Waals surface area contributed by atoms with E-state index >= 15 is 0 Å². The predicted molar refractivity (Wildman–Crippen MR) is 71.0 cm³/mol. The van der Waals surface area contributed by atoms with Crippen LogP contribution in [0.5, 0.6) is 11.5 Å². The molecule has 0 radical (unpaired) electrons. The number of hydrogen-bond donors (Lipinski definition) is 2. The van der Waals surface area contributed by atoms with Crippen molar-refractivity contribution in [2.75, 3.05) is 5.73 Å². The van der Waals surface area contributed by atoms with Gasteiger partial charge in [0.05, 0.1) is 5.69 Å². The van der Waals surface area contributed by atoms with Gasteiger partial charge in [-0.1, -0.05) is 22.0 Å². The Labute approximate surface area is 108 Å². The first-order chi connectivity index (χ1) is 8.15. The molecule has 0 aliphatic heterocycles. The lowest BCUT2D eigenvalue weighted by Gasteiger charge is -2.07. The number of phenolic OH excluding ortho intramolecular Hbond substituents is 1. The molecule has 0 spiro atoms. The molecule has 0 fully saturated rings. The summed E-state index contributed by atoms with van der Waals surface area (Å²) in [5.41, 5.74) is 6.88. The summed E-state index contributed by atoms with van der Waals surface area (Å²) in [6.07, 6.45) is 0. The van der Waals surface area contributed by atoms with Crippen molar-refractivity contribution in [2.24, 2.45) is 0 Å². The molecule has 0 bridgehead atoms. The van der Waals surface area contributed by atoms with E-state index in [9.17, 15) is 5.11 Å². The molecule has 0 aromatic heterocycles. The number of anilines is 1. The highest BCUT2D eigenvalue weighted by Crippen LogP contribution is 2.22. The third kappa shape index (κ3) is 3.14. The van der Waals surface area contributed by atoms with Crippen LogP contribution >= 0.6 is 15.9 Å². The standard InChI is InChI=1S/C13H12BrNO2/c14-10-2-4-11(5-3-10)17-8-9-1-6-13(16)12(15)7-9/h1-7,16H,8,15H2. The molecule has 0 saturated heterocycles. The molecule has 2 rings (SSSR count). The van der Waals surface area contributed by atoms with Crippen LogP contribution in [0.2, 0.25) is 0 Å². The molecule has 0 atom stereocenters. The van der Waals surface area contributed by atoms with Gasteiger partial charge >= 0.3 is 0 Å². The summed E-state index contributed by atoms with van der Waals surface area (Å²) in [6.45, 7) is 0.423. The lowest BCUT2D eigenvalue weighted by Crippen LogP contribution is -1.96. The van der Waals surface area contributed by atoms with Crippen molar-refractivity contribution in [1.82, 2.24) is 0 Å². The molecule has 88 valence electrons. The van der Waals surface area contributed by atoms with E-state index < -0.39 is 0 Å². The van der Waals surface area contributed by atoms with E-state index in [0.717, 1.165) is 15.8 Å². The third-order valence-corrected chi connectivity index (χ3v) is 2.84. The molecule has 0 aliphatic rings. The maximum absolute atomic E-state index is 9.29. The largest absolute Gasteiger partial charge is 0.506 e. The average Bonchev–Trinajstić information content (AvgIpc) is 2.33. The number of halogens is 1. The predicted octanol–water partition coefficient (Wildman–Crippen LogP) is 3.32. The Kier molecular flexibility index (Phi) is 3.54. The van der Waals surface area contributed by atoms with Crippen molar-refractivity contribution in [3.05, 3.63) is 52.5 Å². The van der Waals surface area contributed by atoms with Crippen LogP contribution < -0.4 is 10.5 Å². The SMILES string of the molecule is Nc1cc(COc2ccc(Br)cc2)ccc1O. The Balaban J connectivity index is 2.02. The van der Waals surface area contributed by atoms with E-state index in [0.29, 0.717) is 12.3 Å². The second kappa shape index (κ2) is 5.10. The molecule has 0 unspecified atom stereocenters. The maximum atomic E-state index is 9.29. The van der Waals surface area contributed by atoms with Gasteiger partial charge in [-0.3, -0.25) is 0 Å². The number of phenols is 1. The minimum Gasteiger partial charge on any atom is -0.506 e. The Bertz CT molecular complexity index is 511. The molecule has 4 heteroatoms. The van der Waals surface area contributed by atoms with E-state index in [1.807, 2.05) is 24.3 Å². The summed E-state index contributed by atoms with van der Waals surface area (Å²) in [5, 5.41) is 9.29. The first-order valence-electron chi connectivity index (χ1n) is 5.11. The molecule has 2 aromatic rings. The first kappa shape index (κ1) is 11.8. The lowest BCUT2D eigenvalue weighted by atomic mass is 10.2. The summed E-state index contributed by atoms with van der Waals surface area (Å²) >= 11 is 3.36. The van der Waals surface area contributed by atoms with Gasteiger partial charge in [-0.25, -0.2) is 0 Å². The van der Waals surface area contributed by atoms with Crippen LogP contribution in [0, 0.1) is 0 Å². The second-order valence-corrected chi connectivity index (χ2v) is 4.55. The fourth-order valence-corrected chi connectivity index (χ4v) is 1.66. The van der Waals surface area contributed by atoms with Crippen molar-refractivity contribution in [3.8, 4) is 11.5 Å². The summed E-state index contributed by atoms with van der Waals surface area (Å²) in [5.74, 6) is 0.886. The van der Waals surface area contributed by atoms with Gasteiger partial charge in [0.15, 0.2) is 0 Å². The van der Waals surface area contributed by atoms with E-state index in [-0.39, 0.29) is 5.75 Å². The Morgan fingerprint density at radius 3 is 2.47 bits per heavy atom. The normalized spacial score (nSPS) is 10.2. The second-order valence-electron chi connectivity index (χ2n) is 3.64. The molecule has 0 saturated carbocycles. The van der Waals surface area contributed by atoms with Gasteiger partial charge in [0.1, 0.15) is 18.1 Å². The topological polar surface area (TPSA) is 55.5 Å². The molecular formula is C13H12BrNO2. The highest BCUT2D eigenvalue weighted by molar-refractivity contribution is 9.10. The Hall–Kier alpha value is -1.68. The van der Waals surface area contributed by atoms with Gasteiger partial charge in [-0.15, -0.1) is 0 Å². The zero-order valence-electron chi connectivity index (χ0n) is 9.06. The van der Waals surface area contributed by atoms with Gasteiger partial charge in [0.2, 0.25) is 0 Å². The van der Waals surface area contributed by atoms with Crippen molar-refractivity contribution in [2.45, 2.75) is 6.61 Å². The minimum absolute atomic E-state index is 0.0948. The Morgan fingerprint density at radius 2 is 1.82 bits per heavy atom. The number of nitrogens with two attached hydrogens (primary N) is 1. The Morgan fingerprint density at radius 1 is 1.12 bits per heavy atom. The highest BCUT2D eigenvalue weighted by Gasteiger charge is 2.00. The molecule has 3 nitrogen and oxygen atoms in total. The maximum Gasteiger partial charge on any atom is 0.138 e. The highest BCUT2D eigenvalue weighted by atomic mass is 79.9. The van der Waals surface area contributed by atoms with Crippen LogP contribution in [0.3, 0.4) is 0 Å². The van der Waals surface area contributed by atoms with Crippen LogP contribution in [-0.4, -0.2) is 5.11 Å². The summed E-state index contributed by atoms with van der Waals surface area (Å²) in [4.78, 5) is 0. The summed E-state index contributed by atoms with van der Waals surface area (Å²) in [6, 6.07) is 12.6. The van der Waals surface area contributed by atoms with E-state index in [1.54, 1.807) is 18.2 Å². The van der Waals surface area contributed by atoms with Crippen LogP contribution in [-0.2, 0) is 6.61 Å². The smallest absolute Gasteiger partial charge is 0.138 e. The van der Waals surface area contributed by atoms with Gasteiger partial charge in [0, 0.05) is 4.47 Å². The van der Waals surface area contributed by atoms with Gasteiger partial charge < -0.3 is 15.6 Å². The van der Waals surface area contributed by atoms with E-state index in [1.165, 1.54) is 0 Å². The summed E-state index contributed by atoms with van der Waals surface area (Å²) < 4.78 is 6.60. The fourth-order valence-electron chi connectivity index (χ4n) is 1.39. The van der Waals surface area contributed by atoms with Crippen LogP contribution in [0.4, 0.5) is 5.69 Å². The summed E-state index contributed by atoms with van der Waals surface area (Å²) in [7, 11) is 0. The number of aromatic hydroxyl groups is 1. The number of rotatable bonds is 3. The fraction of sp³-hybridized carbons (Fsp3) is 0.0769. The average molecular weight is 294 g/mol. The molecule has 0 amide bonds.